The van der Waals surface area contributed by atoms with Crippen LogP contribution in [0.3, 0.4) is 0 Å². The number of nitrogens with one attached hydrogen (secondary N) is 1. The van der Waals surface area contributed by atoms with Gasteiger partial charge >= 0.3 is 0 Å². The molecular weight excluding hydrogens is 459 g/mol. The number of benzene rings is 1. The van der Waals surface area contributed by atoms with Gasteiger partial charge in [0.15, 0.2) is 11.5 Å². The molecule has 0 spiro atoms. The third-order valence-corrected chi connectivity index (χ3v) is 5.85. The molecule has 0 fully saturated rings. The van der Waals surface area contributed by atoms with Gasteiger partial charge in [-0.25, -0.2) is 14.4 Å². The van der Waals surface area contributed by atoms with Crippen molar-refractivity contribution in [2.75, 3.05) is 5.32 Å². The molecule has 36 heavy (non-hydrogen) atoms. The van der Waals surface area contributed by atoms with Crippen molar-refractivity contribution in [1.82, 2.24) is 44.1 Å². The van der Waals surface area contributed by atoms with Crippen LogP contribution in [-0.4, -0.2) is 44.1 Å². The summed E-state index contributed by atoms with van der Waals surface area (Å²) in [7, 11) is 3.71. The summed E-state index contributed by atoms with van der Waals surface area (Å²) in [6, 6.07) is 14.0. The third-order valence-electron chi connectivity index (χ3n) is 5.85. The van der Waals surface area contributed by atoms with E-state index < -0.39 is 0 Å². The lowest BCUT2D eigenvalue weighted by Gasteiger charge is -2.07. The number of rotatable bonds is 6. The monoisotopic (exact) mass is 480 g/mol. The topological polar surface area (TPSA) is 104 Å². The molecule has 10 nitrogen and oxygen atoms in total. The Morgan fingerprint density at radius 3 is 2.64 bits per heavy atom. The lowest BCUT2D eigenvalue weighted by atomic mass is 10.1. The van der Waals surface area contributed by atoms with Gasteiger partial charge in [-0.1, -0.05) is 12.1 Å². The van der Waals surface area contributed by atoms with Crippen molar-refractivity contribution in [2.24, 2.45) is 14.1 Å². The molecule has 5 aromatic heterocycles. The average molecular weight is 481 g/mol. The first-order valence-corrected chi connectivity index (χ1v) is 11.2. The minimum Gasteiger partial charge on any atom is -0.309 e. The first kappa shape index (κ1) is 21.6. The zero-order valence-corrected chi connectivity index (χ0v) is 19.5. The number of anilines is 2. The lowest BCUT2D eigenvalue weighted by molar-refractivity contribution is 0.627. The van der Waals surface area contributed by atoms with Crippen LogP contribution in [0.25, 0.3) is 28.3 Å². The molecule has 1 N–H and O–H groups in total. The van der Waals surface area contributed by atoms with Crippen molar-refractivity contribution in [3.63, 3.8) is 0 Å². The van der Waals surface area contributed by atoms with E-state index in [-0.39, 0.29) is 5.82 Å². The predicted molar refractivity (Wildman–Crippen MR) is 132 cm³/mol. The summed E-state index contributed by atoms with van der Waals surface area (Å²) >= 11 is 0. The van der Waals surface area contributed by atoms with Crippen LogP contribution in [0, 0.1) is 5.82 Å². The smallest absolute Gasteiger partial charge is 0.228 e. The Labute approximate surface area is 205 Å². The molecule has 0 radical (unpaired) electrons. The van der Waals surface area contributed by atoms with Crippen molar-refractivity contribution in [2.45, 2.75) is 6.42 Å². The summed E-state index contributed by atoms with van der Waals surface area (Å²) in [5.74, 6) is 1.68. The van der Waals surface area contributed by atoms with E-state index in [0.29, 0.717) is 23.8 Å². The second-order valence-corrected chi connectivity index (χ2v) is 8.36. The molecule has 0 amide bonds. The highest BCUT2D eigenvalue weighted by Gasteiger charge is 2.17. The number of aryl methyl sites for hydroxylation is 2. The second-order valence-electron chi connectivity index (χ2n) is 8.36. The second kappa shape index (κ2) is 8.69. The maximum atomic E-state index is 13.3. The zero-order valence-electron chi connectivity index (χ0n) is 19.5. The highest BCUT2D eigenvalue weighted by Crippen LogP contribution is 2.26. The minimum atomic E-state index is -0.261. The number of aromatic nitrogens is 9. The van der Waals surface area contributed by atoms with E-state index in [1.54, 1.807) is 33.9 Å². The molecule has 178 valence electrons. The molecule has 11 heteroatoms. The molecule has 1 aromatic carbocycles. The number of fused-ring (bicyclic) bond motifs is 1. The maximum Gasteiger partial charge on any atom is 0.228 e. The van der Waals surface area contributed by atoms with Gasteiger partial charge in [0.2, 0.25) is 5.95 Å². The quantitative estimate of drug-likeness (QED) is 0.387. The molecule has 5 heterocycles. The first-order chi connectivity index (χ1) is 17.5. The van der Waals surface area contributed by atoms with E-state index in [2.05, 4.69) is 35.7 Å². The number of hydrogen-bond donors (Lipinski definition) is 1. The number of hydrogen-bond acceptors (Lipinski definition) is 7. The normalized spacial score (nSPS) is 11.3. The van der Waals surface area contributed by atoms with Gasteiger partial charge in [0, 0.05) is 50.7 Å². The average Bonchev–Trinajstić information content (AvgIpc) is 3.58. The first-order valence-electron chi connectivity index (χ1n) is 11.2. The van der Waals surface area contributed by atoms with E-state index in [9.17, 15) is 4.39 Å². The Bertz CT molecular complexity index is 1680. The summed E-state index contributed by atoms with van der Waals surface area (Å²) in [5, 5.41) is 20.8. The van der Waals surface area contributed by atoms with Crippen LogP contribution in [-0.2, 0) is 20.5 Å². The fourth-order valence-corrected chi connectivity index (χ4v) is 4.07. The molecule has 0 aliphatic rings. The Morgan fingerprint density at radius 2 is 1.83 bits per heavy atom. The largest absolute Gasteiger partial charge is 0.309 e. The fraction of sp³-hybridized carbons (Fsp3) is 0.120. The molecular formula is C25H21FN10. The summed E-state index contributed by atoms with van der Waals surface area (Å²) in [4.78, 5) is 8.95. The fourth-order valence-electron chi connectivity index (χ4n) is 4.07. The Kier molecular flexibility index (Phi) is 5.21. The molecule has 0 atom stereocenters. The molecule has 0 aliphatic heterocycles. The third kappa shape index (κ3) is 4.06. The van der Waals surface area contributed by atoms with E-state index in [1.807, 2.05) is 55.2 Å². The standard InChI is InChI=1S/C25H21FN10/c1-34-15-19(21(33-34)13-16-3-5-18(26)6-4-16)24-32-31-23-14-17(9-12-36(23)24)20-7-10-27-25(29-20)30-22-8-11-28-35(22)2/h3-12,14-15H,13H2,1-2H3,(H,27,29,30). The summed E-state index contributed by atoms with van der Waals surface area (Å²) in [6.07, 6.45) is 7.81. The van der Waals surface area contributed by atoms with Crippen LogP contribution < -0.4 is 5.32 Å². The van der Waals surface area contributed by atoms with Crippen LogP contribution in [0.5, 0.6) is 0 Å². The van der Waals surface area contributed by atoms with Crippen molar-refractivity contribution in [1.29, 1.82) is 0 Å². The summed E-state index contributed by atoms with van der Waals surface area (Å²) < 4.78 is 18.7. The van der Waals surface area contributed by atoms with E-state index in [4.69, 9.17) is 0 Å². The zero-order chi connectivity index (χ0) is 24.6. The number of nitrogens with zero attached hydrogens (tertiary/aromatic N) is 9. The predicted octanol–water partition coefficient (Wildman–Crippen LogP) is 3.79. The van der Waals surface area contributed by atoms with Crippen LogP contribution in [0.2, 0.25) is 0 Å². The molecule has 0 saturated carbocycles. The lowest BCUT2D eigenvalue weighted by Crippen LogP contribution is -2.03. The summed E-state index contributed by atoms with van der Waals surface area (Å²) in [5.41, 5.74) is 4.98. The van der Waals surface area contributed by atoms with Crippen LogP contribution in [0.15, 0.2) is 73.3 Å². The highest BCUT2D eigenvalue weighted by atomic mass is 19.1. The van der Waals surface area contributed by atoms with Gasteiger partial charge in [-0.05, 0) is 35.9 Å². The van der Waals surface area contributed by atoms with Gasteiger partial charge in [-0.15, -0.1) is 10.2 Å². The van der Waals surface area contributed by atoms with Gasteiger partial charge in [0.05, 0.1) is 23.1 Å². The molecule has 0 bridgehead atoms. The SMILES string of the molecule is Cn1cc(-c2nnc3cc(-c4ccnc(Nc5ccnn5C)n4)ccn23)c(Cc2ccc(F)cc2)n1. The van der Waals surface area contributed by atoms with Crippen LogP contribution >= 0.6 is 0 Å². The van der Waals surface area contributed by atoms with Gasteiger partial charge in [0.25, 0.3) is 0 Å². The van der Waals surface area contributed by atoms with Crippen molar-refractivity contribution in [3.05, 3.63) is 90.4 Å². The van der Waals surface area contributed by atoms with E-state index in [0.717, 1.165) is 33.9 Å². The summed E-state index contributed by atoms with van der Waals surface area (Å²) in [6.45, 7) is 0. The van der Waals surface area contributed by atoms with Gasteiger partial charge in [0.1, 0.15) is 11.6 Å². The number of pyridine rings is 1. The number of halogens is 1. The van der Waals surface area contributed by atoms with Crippen molar-refractivity contribution in [3.8, 4) is 22.6 Å². The highest BCUT2D eigenvalue weighted by molar-refractivity contribution is 5.68. The minimum absolute atomic E-state index is 0.261. The molecule has 6 rings (SSSR count). The molecule has 0 saturated heterocycles. The van der Waals surface area contributed by atoms with E-state index >= 15 is 0 Å². The maximum absolute atomic E-state index is 13.3. The Morgan fingerprint density at radius 1 is 0.972 bits per heavy atom. The molecule has 6 aromatic rings. The van der Waals surface area contributed by atoms with Crippen molar-refractivity contribution >= 4 is 17.4 Å². The Hall–Kier alpha value is -4.93. The van der Waals surface area contributed by atoms with Crippen LogP contribution in [0.4, 0.5) is 16.2 Å². The van der Waals surface area contributed by atoms with Crippen molar-refractivity contribution < 1.29 is 4.39 Å². The molecule has 0 unspecified atom stereocenters. The van der Waals surface area contributed by atoms with Gasteiger partial charge in [-0.3, -0.25) is 13.8 Å². The Balaban J connectivity index is 1.32. The van der Waals surface area contributed by atoms with E-state index in [1.165, 1.54) is 12.1 Å². The van der Waals surface area contributed by atoms with Gasteiger partial charge in [-0.2, -0.15) is 10.2 Å². The van der Waals surface area contributed by atoms with Gasteiger partial charge < -0.3 is 5.32 Å². The van der Waals surface area contributed by atoms with Crippen LogP contribution in [0.1, 0.15) is 11.3 Å². The molecule has 0 aliphatic carbocycles.